The molecule has 2 rings (SSSR count). The minimum atomic E-state index is -0.904. The van der Waals surface area contributed by atoms with Crippen molar-refractivity contribution in [1.82, 2.24) is 5.32 Å². The topological polar surface area (TPSA) is 67.4 Å². The molecule has 0 unspecified atom stereocenters. The number of benzene rings is 2. The molecule has 5 nitrogen and oxygen atoms in total. The molecule has 120 valence electrons. The molecule has 2 aromatic carbocycles. The zero-order valence-electron chi connectivity index (χ0n) is 13.2. The minimum absolute atomic E-state index is 0.237. The van der Waals surface area contributed by atoms with Gasteiger partial charge in [-0.15, -0.1) is 0 Å². The van der Waals surface area contributed by atoms with Gasteiger partial charge in [0.15, 0.2) is 6.17 Å². The summed E-state index contributed by atoms with van der Waals surface area (Å²) >= 11 is 0. The molecule has 0 fully saturated rings. The lowest BCUT2D eigenvalue weighted by Crippen LogP contribution is -2.46. The van der Waals surface area contributed by atoms with Gasteiger partial charge in [-0.25, -0.2) is 4.79 Å². The van der Waals surface area contributed by atoms with Gasteiger partial charge >= 0.3 is 6.09 Å². The first-order valence-corrected chi connectivity index (χ1v) is 7.46. The largest absolute Gasteiger partial charge is 0.450 e. The van der Waals surface area contributed by atoms with E-state index in [2.05, 4.69) is 10.6 Å². The van der Waals surface area contributed by atoms with Crippen LogP contribution in [-0.4, -0.2) is 24.6 Å². The number of aryl methyl sites for hydroxylation is 1. The van der Waals surface area contributed by atoms with Crippen LogP contribution in [0.5, 0.6) is 0 Å². The molecule has 0 aliphatic carbocycles. The third-order valence-corrected chi connectivity index (χ3v) is 3.22. The molecular formula is C18H20N2O3. The highest BCUT2D eigenvalue weighted by Crippen LogP contribution is 2.12. The third-order valence-electron chi connectivity index (χ3n) is 3.22. The normalized spacial score (nSPS) is 11.4. The number of nitrogens with one attached hydrogen (secondary N) is 2. The lowest BCUT2D eigenvalue weighted by Gasteiger charge is -2.20. The van der Waals surface area contributed by atoms with Crippen molar-refractivity contribution < 1.29 is 14.3 Å². The van der Waals surface area contributed by atoms with Crippen LogP contribution in [0.4, 0.5) is 10.5 Å². The van der Waals surface area contributed by atoms with Gasteiger partial charge < -0.3 is 10.1 Å². The number of hydrogen-bond acceptors (Lipinski definition) is 4. The van der Waals surface area contributed by atoms with Crippen LogP contribution in [0.2, 0.25) is 0 Å². The quantitative estimate of drug-likeness (QED) is 0.634. The van der Waals surface area contributed by atoms with E-state index in [1.807, 2.05) is 37.3 Å². The van der Waals surface area contributed by atoms with Crippen molar-refractivity contribution in [3.05, 3.63) is 65.7 Å². The molecule has 2 aromatic rings. The molecule has 0 bridgehead atoms. The number of anilines is 1. The van der Waals surface area contributed by atoms with Gasteiger partial charge in [-0.1, -0.05) is 48.0 Å². The van der Waals surface area contributed by atoms with E-state index in [9.17, 15) is 9.59 Å². The summed E-state index contributed by atoms with van der Waals surface area (Å²) in [6, 6.07) is 16.4. The number of rotatable bonds is 6. The van der Waals surface area contributed by atoms with Crippen molar-refractivity contribution in [1.29, 1.82) is 0 Å². The highest BCUT2D eigenvalue weighted by atomic mass is 16.5. The molecule has 0 aromatic heterocycles. The lowest BCUT2D eigenvalue weighted by molar-refractivity contribution is 0.0938. The van der Waals surface area contributed by atoms with Crippen LogP contribution < -0.4 is 10.6 Å². The molecule has 23 heavy (non-hydrogen) atoms. The Morgan fingerprint density at radius 3 is 2.30 bits per heavy atom. The van der Waals surface area contributed by atoms with Gasteiger partial charge in [0.1, 0.15) is 0 Å². The summed E-state index contributed by atoms with van der Waals surface area (Å²) in [5.74, 6) is -0.237. The summed E-state index contributed by atoms with van der Waals surface area (Å²) in [6.07, 6.45) is -1.54. The van der Waals surface area contributed by atoms with Gasteiger partial charge in [0, 0.05) is 11.3 Å². The molecule has 0 radical (unpaired) electrons. The summed E-state index contributed by atoms with van der Waals surface area (Å²) in [7, 11) is 0. The zero-order valence-corrected chi connectivity index (χ0v) is 13.2. The molecule has 2 N–H and O–H groups in total. The highest BCUT2D eigenvalue weighted by molar-refractivity contribution is 6.02. The first-order valence-electron chi connectivity index (χ1n) is 7.46. The maximum absolute atomic E-state index is 12.6. The van der Waals surface area contributed by atoms with Crippen molar-refractivity contribution in [2.45, 2.75) is 20.0 Å². The molecule has 0 saturated carbocycles. The standard InChI is InChI=1S/C18H20N2O3/c1-3-23-18(22)20-17(16(21)14-7-5-4-6-8-14)19-15-11-9-13(2)10-12-15/h4-12,17,19H,3H2,1-2H3,(H,20,22)/t17-/m0/s1. The van der Waals surface area contributed by atoms with Gasteiger partial charge in [-0.2, -0.15) is 0 Å². The lowest BCUT2D eigenvalue weighted by atomic mass is 10.1. The van der Waals surface area contributed by atoms with E-state index in [0.29, 0.717) is 5.56 Å². The Morgan fingerprint density at radius 1 is 1.04 bits per heavy atom. The number of carbonyl (C=O) groups is 2. The maximum Gasteiger partial charge on any atom is 0.409 e. The van der Waals surface area contributed by atoms with E-state index in [-0.39, 0.29) is 12.4 Å². The molecule has 1 amide bonds. The Bertz CT molecular complexity index is 654. The van der Waals surface area contributed by atoms with Crippen LogP contribution >= 0.6 is 0 Å². The average molecular weight is 312 g/mol. The maximum atomic E-state index is 12.6. The van der Waals surface area contributed by atoms with Gasteiger partial charge in [0.05, 0.1) is 6.61 Å². The summed E-state index contributed by atoms with van der Waals surface area (Å²) < 4.78 is 4.87. The average Bonchev–Trinajstić information content (AvgIpc) is 2.56. The van der Waals surface area contributed by atoms with Crippen LogP contribution in [0, 0.1) is 6.92 Å². The van der Waals surface area contributed by atoms with E-state index in [4.69, 9.17) is 4.74 Å². The first-order chi connectivity index (χ1) is 11.1. The molecule has 1 atom stereocenters. The summed E-state index contributed by atoms with van der Waals surface area (Å²) in [5.41, 5.74) is 2.36. The summed E-state index contributed by atoms with van der Waals surface area (Å²) in [5, 5.41) is 5.59. The highest BCUT2D eigenvalue weighted by Gasteiger charge is 2.22. The Morgan fingerprint density at radius 2 is 1.70 bits per heavy atom. The second-order valence-electron chi connectivity index (χ2n) is 5.04. The molecule has 0 heterocycles. The summed E-state index contributed by atoms with van der Waals surface area (Å²) in [6.45, 7) is 3.93. The van der Waals surface area contributed by atoms with E-state index >= 15 is 0 Å². The van der Waals surface area contributed by atoms with E-state index < -0.39 is 12.3 Å². The number of alkyl carbamates (subject to hydrolysis) is 1. The number of ether oxygens (including phenoxy) is 1. The number of hydrogen-bond donors (Lipinski definition) is 2. The summed E-state index contributed by atoms with van der Waals surface area (Å²) in [4.78, 5) is 24.3. The number of ketones is 1. The van der Waals surface area contributed by atoms with Crippen LogP contribution in [0.15, 0.2) is 54.6 Å². The molecule has 0 saturated heterocycles. The molecule has 0 aliphatic heterocycles. The number of amides is 1. The van der Waals surface area contributed by atoms with E-state index in [1.54, 1.807) is 31.2 Å². The predicted molar refractivity (Wildman–Crippen MR) is 89.5 cm³/mol. The first kappa shape index (κ1) is 16.5. The van der Waals surface area contributed by atoms with Crippen LogP contribution in [-0.2, 0) is 4.74 Å². The fourth-order valence-corrected chi connectivity index (χ4v) is 2.04. The second kappa shape index (κ2) is 7.98. The van der Waals surface area contributed by atoms with E-state index in [1.165, 1.54) is 0 Å². The van der Waals surface area contributed by atoms with Crippen molar-refractivity contribution >= 4 is 17.6 Å². The Balaban J connectivity index is 2.18. The molecule has 0 spiro atoms. The SMILES string of the molecule is CCOC(=O)N[C@H](Nc1ccc(C)cc1)C(=O)c1ccccc1. The Hall–Kier alpha value is -2.82. The monoisotopic (exact) mass is 312 g/mol. The van der Waals surface area contributed by atoms with Crippen LogP contribution in [0.25, 0.3) is 0 Å². The van der Waals surface area contributed by atoms with Gasteiger partial charge in [0.25, 0.3) is 0 Å². The van der Waals surface area contributed by atoms with Gasteiger partial charge in [-0.3, -0.25) is 10.1 Å². The number of carbonyl (C=O) groups excluding carboxylic acids is 2. The molecule has 0 aliphatic rings. The smallest absolute Gasteiger partial charge is 0.409 e. The van der Waals surface area contributed by atoms with Crippen molar-refractivity contribution in [2.24, 2.45) is 0 Å². The molecule has 5 heteroatoms. The second-order valence-corrected chi connectivity index (χ2v) is 5.04. The van der Waals surface area contributed by atoms with E-state index in [0.717, 1.165) is 11.3 Å². The van der Waals surface area contributed by atoms with Crippen molar-refractivity contribution in [3.8, 4) is 0 Å². The van der Waals surface area contributed by atoms with Crippen molar-refractivity contribution in [3.63, 3.8) is 0 Å². The Kier molecular flexibility index (Phi) is 5.74. The predicted octanol–water partition coefficient (Wildman–Crippen LogP) is 3.36. The third kappa shape index (κ3) is 4.85. The van der Waals surface area contributed by atoms with Gasteiger partial charge in [0.2, 0.25) is 5.78 Å². The fraction of sp³-hybridized carbons (Fsp3) is 0.222. The molecular weight excluding hydrogens is 292 g/mol. The Labute approximate surface area is 135 Å². The van der Waals surface area contributed by atoms with Crippen LogP contribution in [0.1, 0.15) is 22.8 Å². The number of Topliss-reactive ketones (excluding diaryl/α,β-unsaturated/α-hetero) is 1. The van der Waals surface area contributed by atoms with Crippen LogP contribution in [0.3, 0.4) is 0 Å². The minimum Gasteiger partial charge on any atom is -0.450 e. The van der Waals surface area contributed by atoms with Gasteiger partial charge in [-0.05, 0) is 26.0 Å². The fourth-order valence-electron chi connectivity index (χ4n) is 2.04. The zero-order chi connectivity index (χ0) is 16.7. The van der Waals surface area contributed by atoms with Crippen molar-refractivity contribution in [2.75, 3.05) is 11.9 Å².